The minimum Gasteiger partial charge on any atom is -0.378 e. The summed E-state index contributed by atoms with van der Waals surface area (Å²) in [6.07, 6.45) is 1.73. The van der Waals surface area contributed by atoms with E-state index in [9.17, 15) is 0 Å². The number of anilines is 1. The van der Waals surface area contributed by atoms with Gasteiger partial charge in [-0.3, -0.25) is 0 Å². The quantitative estimate of drug-likeness (QED) is 0.861. The van der Waals surface area contributed by atoms with E-state index in [4.69, 9.17) is 16.9 Å². The molecule has 0 saturated heterocycles. The maximum Gasteiger partial charge on any atom is 0.152 e. The SMILES string of the molecule is Cc1cnc(Cl)c(NCc2cc(C#N)cs2)c1. The Hall–Kier alpha value is -1.57. The van der Waals surface area contributed by atoms with Gasteiger partial charge in [-0.1, -0.05) is 11.6 Å². The highest BCUT2D eigenvalue weighted by Crippen LogP contribution is 2.22. The van der Waals surface area contributed by atoms with Gasteiger partial charge in [0.05, 0.1) is 11.3 Å². The van der Waals surface area contributed by atoms with Crippen LogP contribution < -0.4 is 5.32 Å². The van der Waals surface area contributed by atoms with E-state index in [0.29, 0.717) is 17.3 Å². The van der Waals surface area contributed by atoms with E-state index < -0.39 is 0 Å². The molecule has 0 amide bonds. The van der Waals surface area contributed by atoms with Crippen molar-refractivity contribution < 1.29 is 0 Å². The Labute approximate surface area is 109 Å². The van der Waals surface area contributed by atoms with E-state index in [1.54, 1.807) is 17.5 Å². The first kappa shape index (κ1) is 11.9. The Bertz CT molecular complexity index is 571. The number of nitrogens with one attached hydrogen (secondary N) is 1. The Morgan fingerprint density at radius 1 is 1.53 bits per heavy atom. The van der Waals surface area contributed by atoms with Crippen molar-refractivity contribution in [1.29, 1.82) is 5.26 Å². The molecule has 2 aromatic heterocycles. The lowest BCUT2D eigenvalue weighted by Crippen LogP contribution is -1.99. The van der Waals surface area contributed by atoms with E-state index in [0.717, 1.165) is 16.1 Å². The third-order valence-corrected chi connectivity index (χ3v) is 3.45. The highest BCUT2D eigenvalue weighted by atomic mass is 35.5. The van der Waals surface area contributed by atoms with Crippen molar-refractivity contribution in [3.05, 3.63) is 44.9 Å². The summed E-state index contributed by atoms with van der Waals surface area (Å²) in [5, 5.41) is 14.2. The molecule has 0 saturated carbocycles. The van der Waals surface area contributed by atoms with E-state index in [1.807, 2.05) is 24.4 Å². The molecular weight excluding hydrogens is 254 g/mol. The van der Waals surface area contributed by atoms with Crippen LogP contribution in [0.1, 0.15) is 16.0 Å². The number of rotatable bonds is 3. The number of pyridine rings is 1. The average molecular weight is 264 g/mol. The van der Waals surface area contributed by atoms with Crippen molar-refractivity contribution in [2.75, 3.05) is 5.32 Å². The van der Waals surface area contributed by atoms with Crippen LogP contribution >= 0.6 is 22.9 Å². The second-order valence-corrected chi connectivity index (χ2v) is 4.97. The van der Waals surface area contributed by atoms with Crippen LogP contribution in [0, 0.1) is 18.3 Å². The molecule has 0 aliphatic rings. The molecule has 5 heteroatoms. The van der Waals surface area contributed by atoms with Gasteiger partial charge in [0.2, 0.25) is 0 Å². The van der Waals surface area contributed by atoms with Crippen LogP contribution in [0.15, 0.2) is 23.7 Å². The maximum atomic E-state index is 8.72. The summed E-state index contributed by atoms with van der Waals surface area (Å²) in [5.74, 6) is 0. The lowest BCUT2D eigenvalue weighted by molar-refractivity contribution is 1.16. The molecule has 0 fully saturated rings. The highest BCUT2D eigenvalue weighted by Gasteiger charge is 2.03. The zero-order valence-corrected chi connectivity index (χ0v) is 10.8. The van der Waals surface area contributed by atoms with Crippen LogP contribution in [-0.2, 0) is 6.54 Å². The Kier molecular flexibility index (Phi) is 3.62. The van der Waals surface area contributed by atoms with E-state index >= 15 is 0 Å². The van der Waals surface area contributed by atoms with E-state index in [-0.39, 0.29) is 0 Å². The van der Waals surface area contributed by atoms with Gasteiger partial charge in [-0.2, -0.15) is 5.26 Å². The van der Waals surface area contributed by atoms with Gasteiger partial charge in [-0.05, 0) is 24.6 Å². The summed E-state index contributed by atoms with van der Waals surface area (Å²) in [4.78, 5) is 5.16. The number of nitriles is 1. The number of nitrogens with zero attached hydrogens (tertiary/aromatic N) is 2. The van der Waals surface area contributed by atoms with Gasteiger partial charge >= 0.3 is 0 Å². The van der Waals surface area contributed by atoms with Crippen LogP contribution in [0.25, 0.3) is 0 Å². The molecule has 0 bridgehead atoms. The molecule has 2 rings (SSSR count). The molecule has 0 unspecified atom stereocenters. The number of thiophene rings is 1. The third kappa shape index (κ3) is 2.96. The first-order chi connectivity index (χ1) is 8.19. The third-order valence-electron chi connectivity index (χ3n) is 2.21. The normalized spacial score (nSPS) is 9.94. The van der Waals surface area contributed by atoms with Gasteiger partial charge in [0.25, 0.3) is 0 Å². The van der Waals surface area contributed by atoms with Gasteiger partial charge in [-0.25, -0.2) is 4.98 Å². The van der Waals surface area contributed by atoms with Crippen molar-refractivity contribution >= 4 is 28.6 Å². The van der Waals surface area contributed by atoms with Gasteiger partial charge < -0.3 is 5.32 Å². The first-order valence-electron chi connectivity index (χ1n) is 5.02. The van der Waals surface area contributed by atoms with Crippen molar-refractivity contribution in [3.63, 3.8) is 0 Å². The van der Waals surface area contributed by atoms with Gasteiger partial charge in [0.1, 0.15) is 6.07 Å². The van der Waals surface area contributed by atoms with E-state index in [1.165, 1.54) is 0 Å². The molecule has 1 N–H and O–H groups in total. The fraction of sp³-hybridized carbons (Fsp3) is 0.167. The second kappa shape index (κ2) is 5.17. The zero-order chi connectivity index (χ0) is 12.3. The molecule has 2 heterocycles. The molecule has 0 radical (unpaired) electrons. The zero-order valence-electron chi connectivity index (χ0n) is 9.20. The van der Waals surface area contributed by atoms with Crippen LogP contribution in [0.5, 0.6) is 0 Å². The largest absolute Gasteiger partial charge is 0.378 e. The van der Waals surface area contributed by atoms with Crippen LogP contribution in [0.4, 0.5) is 5.69 Å². The Balaban J connectivity index is 2.07. The van der Waals surface area contributed by atoms with Crippen molar-refractivity contribution in [2.24, 2.45) is 0 Å². The van der Waals surface area contributed by atoms with Gasteiger partial charge in [0, 0.05) is 23.0 Å². The Morgan fingerprint density at radius 3 is 3.06 bits per heavy atom. The predicted molar refractivity (Wildman–Crippen MR) is 70.3 cm³/mol. The molecule has 0 aromatic carbocycles. The maximum absolute atomic E-state index is 8.72. The molecule has 86 valence electrons. The first-order valence-corrected chi connectivity index (χ1v) is 6.28. The van der Waals surface area contributed by atoms with Crippen molar-refractivity contribution in [3.8, 4) is 6.07 Å². The topological polar surface area (TPSA) is 48.7 Å². The summed E-state index contributed by atoms with van der Waals surface area (Å²) in [7, 11) is 0. The predicted octanol–water partition coefficient (Wildman–Crippen LogP) is 3.59. The summed E-state index contributed by atoms with van der Waals surface area (Å²) in [5.41, 5.74) is 2.57. The molecule has 17 heavy (non-hydrogen) atoms. The minimum atomic E-state index is 0.465. The minimum absolute atomic E-state index is 0.465. The van der Waals surface area contributed by atoms with Crippen molar-refractivity contribution in [1.82, 2.24) is 4.98 Å². The molecule has 2 aromatic rings. The highest BCUT2D eigenvalue weighted by molar-refractivity contribution is 7.10. The number of aromatic nitrogens is 1. The fourth-order valence-corrected chi connectivity index (χ4v) is 2.31. The number of hydrogen-bond donors (Lipinski definition) is 1. The second-order valence-electron chi connectivity index (χ2n) is 3.62. The molecule has 3 nitrogen and oxygen atoms in total. The van der Waals surface area contributed by atoms with Gasteiger partial charge in [-0.15, -0.1) is 11.3 Å². The summed E-state index contributed by atoms with van der Waals surface area (Å²) in [6, 6.07) is 5.93. The Morgan fingerprint density at radius 2 is 2.35 bits per heavy atom. The van der Waals surface area contributed by atoms with Crippen molar-refractivity contribution in [2.45, 2.75) is 13.5 Å². The molecule has 0 atom stereocenters. The summed E-state index contributed by atoms with van der Waals surface area (Å²) in [6.45, 7) is 2.62. The lowest BCUT2D eigenvalue weighted by atomic mass is 10.3. The number of halogens is 1. The summed E-state index contributed by atoms with van der Waals surface area (Å²) >= 11 is 7.53. The lowest BCUT2D eigenvalue weighted by Gasteiger charge is -2.06. The molecule has 0 aliphatic heterocycles. The number of hydrogen-bond acceptors (Lipinski definition) is 4. The number of aryl methyl sites for hydroxylation is 1. The average Bonchev–Trinajstić information content (AvgIpc) is 2.78. The van der Waals surface area contributed by atoms with Gasteiger partial charge in [0.15, 0.2) is 5.15 Å². The fourth-order valence-electron chi connectivity index (χ4n) is 1.39. The van der Waals surface area contributed by atoms with E-state index in [2.05, 4.69) is 16.4 Å². The standard InChI is InChI=1S/C12H10ClN3S/c1-8-2-11(12(13)16-5-8)15-6-10-3-9(4-14)7-17-10/h2-3,5,7,15H,6H2,1H3. The monoisotopic (exact) mass is 263 g/mol. The summed E-state index contributed by atoms with van der Waals surface area (Å²) < 4.78 is 0. The molecule has 0 aliphatic carbocycles. The van der Waals surface area contributed by atoms with Crippen LogP contribution in [0.2, 0.25) is 5.15 Å². The molecule has 0 spiro atoms. The smallest absolute Gasteiger partial charge is 0.152 e. The van der Waals surface area contributed by atoms with Crippen LogP contribution in [-0.4, -0.2) is 4.98 Å². The van der Waals surface area contributed by atoms with Crippen LogP contribution in [0.3, 0.4) is 0 Å². The molecular formula is C12H10ClN3S.